The topological polar surface area (TPSA) is 50.3 Å². The maximum absolute atomic E-state index is 6.21. The number of nitrogens with zero attached hydrogens (tertiary/aromatic N) is 3. The molecule has 0 amide bonds. The third-order valence-electron chi connectivity index (χ3n) is 4.98. The molecule has 5 heteroatoms. The lowest BCUT2D eigenvalue weighted by Crippen LogP contribution is -2.65. The molecule has 0 bridgehead atoms. The lowest BCUT2D eigenvalue weighted by Gasteiger charge is -2.53. The van der Waals surface area contributed by atoms with E-state index < -0.39 is 0 Å². The molecule has 4 rings (SSSR count). The Labute approximate surface area is 126 Å². The van der Waals surface area contributed by atoms with Crippen LogP contribution in [0, 0.1) is 11.8 Å². The van der Waals surface area contributed by atoms with Crippen molar-refractivity contribution < 1.29 is 4.74 Å². The van der Waals surface area contributed by atoms with Gasteiger partial charge in [-0.2, -0.15) is 0 Å². The molecule has 114 valence electrons. The van der Waals surface area contributed by atoms with Gasteiger partial charge in [0.25, 0.3) is 0 Å². The van der Waals surface area contributed by atoms with Gasteiger partial charge in [-0.05, 0) is 43.6 Å². The lowest BCUT2D eigenvalue weighted by molar-refractivity contribution is -0.178. The van der Waals surface area contributed by atoms with Crippen LogP contribution < -0.4 is 5.32 Å². The van der Waals surface area contributed by atoms with Gasteiger partial charge in [0, 0.05) is 38.6 Å². The van der Waals surface area contributed by atoms with E-state index >= 15 is 0 Å². The number of hydrogen-bond donors (Lipinski definition) is 1. The highest BCUT2D eigenvalue weighted by Gasteiger charge is 2.47. The quantitative estimate of drug-likeness (QED) is 0.895. The number of ether oxygens (including phenoxy) is 1. The molecule has 2 aliphatic heterocycles. The Hall–Kier alpha value is -1.20. The van der Waals surface area contributed by atoms with Gasteiger partial charge in [-0.15, -0.1) is 0 Å². The molecule has 1 spiro atoms. The summed E-state index contributed by atoms with van der Waals surface area (Å²) in [5.41, 5.74) is 0.189. The van der Waals surface area contributed by atoms with E-state index in [0.717, 1.165) is 38.1 Å². The van der Waals surface area contributed by atoms with Crippen molar-refractivity contribution in [3.63, 3.8) is 0 Å². The molecule has 5 nitrogen and oxygen atoms in total. The molecule has 0 unspecified atom stereocenters. The van der Waals surface area contributed by atoms with E-state index in [-0.39, 0.29) is 5.60 Å². The van der Waals surface area contributed by atoms with E-state index in [2.05, 4.69) is 20.2 Å². The van der Waals surface area contributed by atoms with Gasteiger partial charge in [0.05, 0.1) is 12.2 Å². The van der Waals surface area contributed by atoms with Crippen molar-refractivity contribution in [1.29, 1.82) is 0 Å². The zero-order valence-electron chi connectivity index (χ0n) is 12.5. The third kappa shape index (κ3) is 3.19. The molecule has 1 saturated carbocycles. The Morgan fingerprint density at radius 3 is 2.67 bits per heavy atom. The third-order valence-corrected chi connectivity index (χ3v) is 4.98. The highest BCUT2D eigenvalue weighted by molar-refractivity contribution is 5.22. The number of likely N-dealkylation sites (tertiary alicyclic amines) is 1. The first-order chi connectivity index (χ1) is 10.3. The van der Waals surface area contributed by atoms with Crippen molar-refractivity contribution in [3.05, 3.63) is 18.5 Å². The summed E-state index contributed by atoms with van der Waals surface area (Å²) in [6.07, 6.45) is 8.88. The number of hydrogen-bond acceptors (Lipinski definition) is 5. The molecular formula is C16H24N4O. The second kappa shape index (κ2) is 5.54. The molecule has 1 aromatic heterocycles. The van der Waals surface area contributed by atoms with Crippen molar-refractivity contribution in [3.8, 4) is 0 Å². The van der Waals surface area contributed by atoms with Crippen LogP contribution in [0.3, 0.4) is 0 Å². The fourth-order valence-electron chi connectivity index (χ4n) is 3.52. The van der Waals surface area contributed by atoms with Crippen molar-refractivity contribution in [2.45, 2.75) is 31.3 Å². The Kier molecular flexibility index (Phi) is 3.55. The zero-order chi connectivity index (χ0) is 14.1. The maximum Gasteiger partial charge on any atom is 0.222 e. The van der Waals surface area contributed by atoms with Gasteiger partial charge in [-0.1, -0.05) is 0 Å². The van der Waals surface area contributed by atoms with Crippen LogP contribution in [0.4, 0.5) is 5.95 Å². The summed E-state index contributed by atoms with van der Waals surface area (Å²) in [5, 5.41) is 3.31. The fourth-order valence-corrected chi connectivity index (χ4v) is 3.52. The van der Waals surface area contributed by atoms with Crippen LogP contribution in [0.2, 0.25) is 0 Å². The number of nitrogens with one attached hydrogen (secondary N) is 1. The second-order valence-electron chi connectivity index (χ2n) is 6.97. The average Bonchev–Trinajstić information content (AvgIpc) is 3.30. The molecule has 0 radical (unpaired) electrons. The van der Waals surface area contributed by atoms with Gasteiger partial charge in [0.15, 0.2) is 0 Å². The first kappa shape index (κ1) is 13.5. The highest BCUT2D eigenvalue weighted by atomic mass is 16.5. The summed E-state index contributed by atoms with van der Waals surface area (Å²) < 4.78 is 6.21. The van der Waals surface area contributed by atoms with E-state index in [1.54, 1.807) is 12.4 Å². The van der Waals surface area contributed by atoms with Crippen molar-refractivity contribution in [2.24, 2.45) is 11.8 Å². The van der Waals surface area contributed by atoms with E-state index in [4.69, 9.17) is 4.74 Å². The summed E-state index contributed by atoms with van der Waals surface area (Å²) in [4.78, 5) is 11.0. The normalized spacial score (nSPS) is 28.3. The summed E-state index contributed by atoms with van der Waals surface area (Å²) in [5.74, 6) is 2.29. The summed E-state index contributed by atoms with van der Waals surface area (Å²) >= 11 is 0. The maximum atomic E-state index is 6.21. The average molecular weight is 288 g/mol. The largest absolute Gasteiger partial charge is 0.372 e. The Bertz CT molecular complexity index is 460. The molecule has 0 aromatic carbocycles. The lowest BCUT2D eigenvalue weighted by atomic mass is 9.83. The summed E-state index contributed by atoms with van der Waals surface area (Å²) in [6, 6.07) is 1.84. The van der Waals surface area contributed by atoms with Crippen molar-refractivity contribution in [2.75, 3.05) is 38.1 Å². The summed E-state index contributed by atoms with van der Waals surface area (Å²) in [6.45, 7) is 5.40. The first-order valence-electron chi connectivity index (χ1n) is 8.19. The number of anilines is 1. The Morgan fingerprint density at radius 1 is 1.19 bits per heavy atom. The molecular weight excluding hydrogens is 264 g/mol. The van der Waals surface area contributed by atoms with Crippen molar-refractivity contribution >= 4 is 5.95 Å². The van der Waals surface area contributed by atoms with E-state index in [0.29, 0.717) is 5.92 Å². The monoisotopic (exact) mass is 288 g/mol. The van der Waals surface area contributed by atoms with Crippen LogP contribution in [-0.2, 0) is 4.74 Å². The van der Waals surface area contributed by atoms with Crippen LogP contribution in [0.1, 0.15) is 25.7 Å². The van der Waals surface area contributed by atoms with Gasteiger partial charge in [-0.3, -0.25) is 4.90 Å². The Balaban J connectivity index is 1.19. The zero-order valence-corrected chi connectivity index (χ0v) is 12.5. The predicted molar refractivity (Wildman–Crippen MR) is 81.1 cm³/mol. The van der Waals surface area contributed by atoms with E-state index in [9.17, 15) is 0 Å². The van der Waals surface area contributed by atoms with Gasteiger partial charge in [0.1, 0.15) is 0 Å². The minimum absolute atomic E-state index is 0.189. The van der Waals surface area contributed by atoms with Crippen LogP contribution in [-0.4, -0.2) is 53.3 Å². The smallest absolute Gasteiger partial charge is 0.222 e. The van der Waals surface area contributed by atoms with Gasteiger partial charge < -0.3 is 10.1 Å². The predicted octanol–water partition coefficient (Wildman–Crippen LogP) is 1.78. The van der Waals surface area contributed by atoms with Crippen LogP contribution in [0.15, 0.2) is 18.5 Å². The van der Waals surface area contributed by atoms with Crippen LogP contribution in [0.25, 0.3) is 0 Å². The highest BCUT2D eigenvalue weighted by Crippen LogP contribution is 2.39. The molecule has 1 N–H and O–H groups in total. The number of aromatic nitrogens is 2. The van der Waals surface area contributed by atoms with Crippen molar-refractivity contribution in [1.82, 2.24) is 14.9 Å². The molecule has 1 aromatic rings. The van der Waals surface area contributed by atoms with E-state index in [1.165, 1.54) is 32.2 Å². The van der Waals surface area contributed by atoms with Gasteiger partial charge >= 0.3 is 0 Å². The molecule has 3 aliphatic rings. The molecule has 21 heavy (non-hydrogen) atoms. The Morgan fingerprint density at radius 2 is 2.00 bits per heavy atom. The summed E-state index contributed by atoms with van der Waals surface area (Å²) in [7, 11) is 0. The van der Waals surface area contributed by atoms with Crippen LogP contribution >= 0.6 is 0 Å². The molecule has 2 saturated heterocycles. The standard InChI is InChI=1S/C16H24N4O/c1-6-17-15(18-7-1)19-8-14-4-5-16(21-10-14)11-20(12-16)9-13-2-3-13/h1,6-7,13-14H,2-5,8-12H2,(H,17,18,19)/t14-/m0/s1. The molecule has 3 heterocycles. The molecule has 3 fully saturated rings. The second-order valence-corrected chi connectivity index (χ2v) is 6.97. The molecule has 1 atom stereocenters. The van der Waals surface area contributed by atoms with E-state index in [1.807, 2.05) is 6.07 Å². The molecule has 1 aliphatic carbocycles. The first-order valence-corrected chi connectivity index (χ1v) is 8.19. The van der Waals surface area contributed by atoms with Crippen LogP contribution in [0.5, 0.6) is 0 Å². The SMILES string of the molecule is c1cnc(NC[C@@H]2CCC3(CN(CC4CC4)C3)OC2)nc1. The minimum atomic E-state index is 0.189. The number of rotatable bonds is 5. The van der Waals surface area contributed by atoms with Gasteiger partial charge in [0.2, 0.25) is 5.95 Å². The van der Waals surface area contributed by atoms with Gasteiger partial charge in [-0.25, -0.2) is 9.97 Å². The minimum Gasteiger partial charge on any atom is -0.372 e. The fraction of sp³-hybridized carbons (Fsp3) is 0.750.